The highest BCUT2D eigenvalue weighted by atomic mass is 14.9. The van der Waals surface area contributed by atoms with Crippen molar-refractivity contribution in [3.8, 4) is 0 Å². The number of hydrogen-bond acceptors (Lipinski definition) is 2. The van der Waals surface area contributed by atoms with Crippen LogP contribution in [0.1, 0.15) is 32.8 Å². The van der Waals surface area contributed by atoms with Crippen LogP contribution in [0.3, 0.4) is 0 Å². The number of nitrogens with zero attached hydrogens (tertiary/aromatic N) is 1. The van der Waals surface area contributed by atoms with E-state index in [0.717, 1.165) is 13.1 Å². The molecule has 0 aliphatic heterocycles. The largest absolute Gasteiger partial charge is 0.316 e. The quantitative estimate of drug-likeness (QED) is 0.724. The van der Waals surface area contributed by atoms with Crippen molar-refractivity contribution in [2.45, 2.75) is 32.6 Å². The van der Waals surface area contributed by atoms with Gasteiger partial charge in [-0.3, -0.25) is 4.98 Å². The molecule has 0 aromatic carbocycles. The number of hydrogen-bond donors (Lipinski definition) is 1. The van der Waals surface area contributed by atoms with Gasteiger partial charge in [-0.15, -0.1) is 0 Å². The molecule has 0 saturated heterocycles. The average molecular weight is 192 g/mol. The molecule has 0 radical (unpaired) electrons. The van der Waals surface area contributed by atoms with Crippen LogP contribution in [0.2, 0.25) is 0 Å². The van der Waals surface area contributed by atoms with Crippen molar-refractivity contribution >= 4 is 0 Å². The first-order chi connectivity index (χ1) is 6.67. The van der Waals surface area contributed by atoms with Crippen LogP contribution < -0.4 is 5.32 Å². The van der Waals surface area contributed by atoms with Gasteiger partial charge in [-0.1, -0.05) is 26.8 Å². The third kappa shape index (κ3) is 3.11. The monoisotopic (exact) mass is 192 g/mol. The summed E-state index contributed by atoms with van der Waals surface area (Å²) in [5.74, 6) is 0. The van der Waals surface area contributed by atoms with Crippen LogP contribution in [0.15, 0.2) is 24.5 Å². The van der Waals surface area contributed by atoms with E-state index in [9.17, 15) is 0 Å². The van der Waals surface area contributed by atoms with Crippen molar-refractivity contribution in [2.24, 2.45) is 0 Å². The van der Waals surface area contributed by atoms with Gasteiger partial charge in [0, 0.05) is 24.4 Å². The predicted molar refractivity (Wildman–Crippen MR) is 60.4 cm³/mol. The Kier molecular flexibility index (Phi) is 4.08. The molecule has 1 heterocycles. The Morgan fingerprint density at radius 2 is 2.21 bits per heavy atom. The van der Waals surface area contributed by atoms with E-state index >= 15 is 0 Å². The second kappa shape index (κ2) is 5.11. The van der Waals surface area contributed by atoms with Crippen LogP contribution in [0, 0.1) is 0 Å². The lowest BCUT2D eigenvalue weighted by Crippen LogP contribution is -2.33. The van der Waals surface area contributed by atoms with E-state index in [1.54, 1.807) is 0 Å². The second-order valence-electron chi connectivity index (χ2n) is 4.30. The molecular formula is C12H20N2. The van der Waals surface area contributed by atoms with Crippen molar-refractivity contribution < 1.29 is 0 Å². The molecule has 1 aromatic heterocycles. The lowest BCUT2D eigenvalue weighted by Gasteiger charge is -2.25. The first kappa shape index (κ1) is 11.2. The Balaban J connectivity index is 2.56. The molecule has 0 atom stereocenters. The Morgan fingerprint density at radius 1 is 1.43 bits per heavy atom. The Labute approximate surface area is 86.8 Å². The summed E-state index contributed by atoms with van der Waals surface area (Å²) < 4.78 is 0. The topological polar surface area (TPSA) is 24.9 Å². The summed E-state index contributed by atoms with van der Waals surface area (Å²) in [4.78, 5) is 4.15. The van der Waals surface area contributed by atoms with Gasteiger partial charge in [0.15, 0.2) is 0 Å². The summed E-state index contributed by atoms with van der Waals surface area (Å²) in [6.07, 6.45) is 4.95. The predicted octanol–water partition coefficient (Wildman–Crippen LogP) is 2.36. The van der Waals surface area contributed by atoms with Gasteiger partial charge >= 0.3 is 0 Å². The van der Waals surface area contributed by atoms with Crippen LogP contribution in [-0.2, 0) is 5.41 Å². The minimum Gasteiger partial charge on any atom is -0.316 e. The van der Waals surface area contributed by atoms with Gasteiger partial charge in [-0.05, 0) is 24.6 Å². The molecular weight excluding hydrogens is 172 g/mol. The van der Waals surface area contributed by atoms with Gasteiger partial charge in [-0.2, -0.15) is 0 Å². The fourth-order valence-electron chi connectivity index (χ4n) is 1.44. The van der Waals surface area contributed by atoms with Crippen molar-refractivity contribution in [1.29, 1.82) is 0 Å². The Morgan fingerprint density at radius 3 is 2.79 bits per heavy atom. The summed E-state index contributed by atoms with van der Waals surface area (Å²) in [7, 11) is 0. The van der Waals surface area contributed by atoms with Gasteiger partial charge in [0.1, 0.15) is 0 Å². The van der Waals surface area contributed by atoms with E-state index in [2.05, 4.69) is 37.1 Å². The first-order valence-corrected chi connectivity index (χ1v) is 5.28. The molecule has 78 valence electrons. The molecule has 1 aromatic rings. The van der Waals surface area contributed by atoms with Crippen LogP contribution in [0.4, 0.5) is 0 Å². The van der Waals surface area contributed by atoms with Crippen molar-refractivity contribution in [3.05, 3.63) is 30.1 Å². The second-order valence-corrected chi connectivity index (χ2v) is 4.30. The molecule has 2 nitrogen and oxygen atoms in total. The summed E-state index contributed by atoms with van der Waals surface area (Å²) in [5, 5.41) is 3.45. The molecule has 2 heteroatoms. The number of nitrogens with one attached hydrogen (secondary N) is 1. The van der Waals surface area contributed by atoms with Gasteiger partial charge in [0.2, 0.25) is 0 Å². The third-order valence-corrected chi connectivity index (χ3v) is 2.44. The lowest BCUT2D eigenvalue weighted by molar-refractivity contribution is 0.468. The Hall–Kier alpha value is -0.890. The van der Waals surface area contributed by atoms with E-state index < -0.39 is 0 Å². The van der Waals surface area contributed by atoms with E-state index in [-0.39, 0.29) is 5.41 Å². The van der Waals surface area contributed by atoms with Crippen LogP contribution in [0.25, 0.3) is 0 Å². The zero-order valence-corrected chi connectivity index (χ0v) is 9.38. The highest BCUT2D eigenvalue weighted by molar-refractivity contribution is 5.19. The van der Waals surface area contributed by atoms with E-state index in [4.69, 9.17) is 0 Å². The zero-order chi connectivity index (χ0) is 10.4. The van der Waals surface area contributed by atoms with Crippen LogP contribution in [0.5, 0.6) is 0 Å². The van der Waals surface area contributed by atoms with E-state index in [0.29, 0.717) is 0 Å². The van der Waals surface area contributed by atoms with Crippen LogP contribution in [-0.4, -0.2) is 18.1 Å². The van der Waals surface area contributed by atoms with Gasteiger partial charge in [0.25, 0.3) is 0 Å². The van der Waals surface area contributed by atoms with Gasteiger partial charge in [-0.25, -0.2) is 0 Å². The molecule has 0 aliphatic rings. The standard InChI is InChI=1S/C12H20N2/c1-4-7-14-10-12(2,3)11-6-5-8-13-9-11/h5-6,8-9,14H,4,7,10H2,1-3H3. The molecule has 14 heavy (non-hydrogen) atoms. The number of aromatic nitrogens is 1. The fraction of sp³-hybridized carbons (Fsp3) is 0.583. The van der Waals surface area contributed by atoms with E-state index in [1.165, 1.54) is 12.0 Å². The van der Waals surface area contributed by atoms with Gasteiger partial charge < -0.3 is 5.32 Å². The number of pyridine rings is 1. The smallest absolute Gasteiger partial charge is 0.0305 e. The molecule has 1 rings (SSSR count). The highest BCUT2D eigenvalue weighted by Crippen LogP contribution is 2.20. The van der Waals surface area contributed by atoms with E-state index in [1.807, 2.05) is 18.5 Å². The summed E-state index contributed by atoms with van der Waals surface area (Å²) in [5.41, 5.74) is 1.47. The normalized spacial score (nSPS) is 11.6. The zero-order valence-electron chi connectivity index (χ0n) is 9.38. The van der Waals surface area contributed by atoms with Crippen LogP contribution >= 0.6 is 0 Å². The molecule has 1 N–H and O–H groups in total. The molecule has 0 fully saturated rings. The van der Waals surface area contributed by atoms with Gasteiger partial charge in [0.05, 0.1) is 0 Å². The molecule has 0 aliphatic carbocycles. The molecule has 0 bridgehead atoms. The maximum Gasteiger partial charge on any atom is 0.0305 e. The minimum absolute atomic E-state index is 0.170. The maximum atomic E-state index is 4.15. The first-order valence-electron chi connectivity index (χ1n) is 5.28. The molecule has 0 spiro atoms. The average Bonchev–Trinajstić information content (AvgIpc) is 2.19. The molecule has 0 saturated carbocycles. The van der Waals surface area contributed by atoms with Crippen molar-refractivity contribution in [1.82, 2.24) is 10.3 Å². The minimum atomic E-state index is 0.170. The SMILES string of the molecule is CCCNCC(C)(C)c1cccnc1. The highest BCUT2D eigenvalue weighted by Gasteiger charge is 2.19. The molecule has 0 amide bonds. The molecule has 0 unspecified atom stereocenters. The van der Waals surface area contributed by atoms with Crippen molar-refractivity contribution in [2.75, 3.05) is 13.1 Å². The Bertz CT molecular complexity index is 254. The lowest BCUT2D eigenvalue weighted by atomic mass is 9.86. The third-order valence-electron chi connectivity index (χ3n) is 2.44. The summed E-state index contributed by atoms with van der Waals surface area (Å²) >= 11 is 0. The summed E-state index contributed by atoms with van der Waals surface area (Å²) in [6, 6.07) is 4.14. The summed E-state index contributed by atoms with van der Waals surface area (Å²) in [6.45, 7) is 8.76. The number of rotatable bonds is 5. The fourth-order valence-corrected chi connectivity index (χ4v) is 1.44. The van der Waals surface area contributed by atoms with Crippen molar-refractivity contribution in [3.63, 3.8) is 0 Å². The maximum absolute atomic E-state index is 4.15.